The van der Waals surface area contributed by atoms with Gasteiger partial charge in [0, 0.05) is 6.92 Å². The number of hydrogen-bond donors (Lipinski definition) is 0. The molecule has 7 heteroatoms. The molecule has 2 rings (SSSR count). The summed E-state index contributed by atoms with van der Waals surface area (Å²) >= 11 is 11.3. The SMILES string of the molecule is CCc1cc(OCC=C(Cl)Cl)cc(CC)c1OCCCCOC(C)=NOCc1ccccc1. The summed E-state index contributed by atoms with van der Waals surface area (Å²) in [5, 5.41) is 4.00. The fraction of sp³-hybridized carbons (Fsp3) is 0.423. The van der Waals surface area contributed by atoms with E-state index < -0.39 is 0 Å². The summed E-state index contributed by atoms with van der Waals surface area (Å²) in [5.41, 5.74) is 3.32. The Hall–Kier alpha value is -2.37. The quantitative estimate of drug-likeness (QED) is 0.120. The van der Waals surface area contributed by atoms with Gasteiger partial charge in [-0.25, -0.2) is 0 Å². The summed E-state index contributed by atoms with van der Waals surface area (Å²) in [5.74, 6) is 2.26. The maximum absolute atomic E-state index is 6.15. The van der Waals surface area contributed by atoms with Crippen molar-refractivity contribution in [1.29, 1.82) is 0 Å². The zero-order valence-corrected chi connectivity index (χ0v) is 21.1. The molecule has 180 valence electrons. The highest BCUT2D eigenvalue weighted by molar-refractivity contribution is 6.55. The number of unbranched alkanes of at least 4 members (excludes halogenated alkanes) is 1. The molecule has 0 saturated heterocycles. The molecule has 0 N–H and O–H groups in total. The molecule has 0 aliphatic carbocycles. The molecular formula is C26H33Cl2NO4. The third kappa shape index (κ3) is 10.4. The molecule has 2 aromatic rings. The lowest BCUT2D eigenvalue weighted by Gasteiger charge is -2.17. The lowest BCUT2D eigenvalue weighted by Crippen LogP contribution is -2.07. The van der Waals surface area contributed by atoms with Gasteiger partial charge < -0.3 is 19.0 Å². The van der Waals surface area contributed by atoms with Crippen LogP contribution in [0.3, 0.4) is 0 Å². The zero-order valence-electron chi connectivity index (χ0n) is 19.6. The molecule has 5 nitrogen and oxygen atoms in total. The summed E-state index contributed by atoms with van der Waals surface area (Å²) in [4.78, 5) is 5.33. The van der Waals surface area contributed by atoms with Crippen LogP contribution in [0.1, 0.15) is 50.3 Å². The van der Waals surface area contributed by atoms with Gasteiger partial charge in [0.1, 0.15) is 29.2 Å². The summed E-state index contributed by atoms with van der Waals surface area (Å²) in [6.45, 7) is 7.95. The molecule has 0 spiro atoms. The molecule has 0 fully saturated rings. The first-order chi connectivity index (χ1) is 16.0. The van der Waals surface area contributed by atoms with Gasteiger partial charge in [-0.05, 0) is 60.6 Å². The second-order valence-electron chi connectivity index (χ2n) is 7.36. The van der Waals surface area contributed by atoms with Crippen LogP contribution >= 0.6 is 23.2 Å². The number of rotatable bonds is 14. The van der Waals surface area contributed by atoms with Crippen molar-refractivity contribution in [2.45, 2.75) is 53.1 Å². The highest BCUT2D eigenvalue weighted by Gasteiger charge is 2.11. The van der Waals surface area contributed by atoms with Crippen LogP contribution in [0.5, 0.6) is 11.5 Å². The Balaban J connectivity index is 1.74. The summed E-state index contributed by atoms with van der Waals surface area (Å²) in [6.07, 6.45) is 5.07. The predicted molar refractivity (Wildman–Crippen MR) is 136 cm³/mol. The van der Waals surface area contributed by atoms with Crippen LogP contribution in [-0.4, -0.2) is 25.7 Å². The molecule has 0 aliphatic heterocycles. The van der Waals surface area contributed by atoms with Crippen LogP contribution in [0.15, 0.2) is 58.2 Å². The van der Waals surface area contributed by atoms with Gasteiger partial charge in [-0.3, -0.25) is 0 Å². The van der Waals surface area contributed by atoms with E-state index in [9.17, 15) is 0 Å². The average molecular weight is 494 g/mol. The van der Waals surface area contributed by atoms with E-state index in [-0.39, 0.29) is 4.49 Å². The van der Waals surface area contributed by atoms with Crippen molar-refractivity contribution in [1.82, 2.24) is 0 Å². The first kappa shape index (κ1) is 26.9. The van der Waals surface area contributed by atoms with Gasteiger partial charge in [0.25, 0.3) is 0 Å². The average Bonchev–Trinajstić information content (AvgIpc) is 2.81. The highest BCUT2D eigenvalue weighted by atomic mass is 35.5. The fourth-order valence-electron chi connectivity index (χ4n) is 3.11. The van der Waals surface area contributed by atoms with Gasteiger partial charge in [0.05, 0.1) is 13.2 Å². The number of halogens is 2. The molecule has 33 heavy (non-hydrogen) atoms. The molecule has 0 aromatic heterocycles. The number of nitrogens with zero attached hydrogens (tertiary/aromatic N) is 1. The zero-order chi connectivity index (χ0) is 23.9. The summed E-state index contributed by atoms with van der Waals surface area (Å²) in [6, 6.07) is 13.9. The topological polar surface area (TPSA) is 49.3 Å². The molecule has 0 unspecified atom stereocenters. The van der Waals surface area contributed by atoms with E-state index >= 15 is 0 Å². The smallest absolute Gasteiger partial charge is 0.222 e. The molecule has 0 bridgehead atoms. The number of hydrogen-bond acceptors (Lipinski definition) is 5. The maximum atomic E-state index is 6.15. The second kappa shape index (κ2) is 15.5. The fourth-order valence-corrected chi connectivity index (χ4v) is 3.24. The van der Waals surface area contributed by atoms with Crippen LogP contribution in [0.4, 0.5) is 0 Å². The maximum Gasteiger partial charge on any atom is 0.222 e. The van der Waals surface area contributed by atoms with Gasteiger partial charge >= 0.3 is 0 Å². The van der Waals surface area contributed by atoms with Crippen molar-refractivity contribution in [2.24, 2.45) is 5.16 Å². The number of oxime groups is 1. The van der Waals surface area contributed by atoms with Crippen LogP contribution < -0.4 is 9.47 Å². The lowest BCUT2D eigenvalue weighted by molar-refractivity contribution is 0.118. The molecule has 0 heterocycles. The third-order valence-electron chi connectivity index (χ3n) is 4.83. The third-order valence-corrected chi connectivity index (χ3v) is 5.14. The first-order valence-electron chi connectivity index (χ1n) is 11.3. The molecule has 0 aliphatic rings. The summed E-state index contributed by atoms with van der Waals surface area (Å²) < 4.78 is 17.7. The Labute approximate surface area is 207 Å². The Bertz CT molecular complexity index is 871. The lowest BCUT2D eigenvalue weighted by atomic mass is 10.0. The van der Waals surface area contributed by atoms with Crippen LogP contribution in [0.25, 0.3) is 0 Å². The molecule has 0 radical (unpaired) electrons. The van der Waals surface area contributed by atoms with E-state index in [2.05, 4.69) is 19.0 Å². The number of aryl methyl sites for hydroxylation is 2. The van der Waals surface area contributed by atoms with Crippen LogP contribution in [0.2, 0.25) is 0 Å². The van der Waals surface area contributed by atoms with E-state index in [0.29, 0.717) is 32.3 Å². The Morgan fingerprint density at radius 2 is 1.61 bits per heavy atom. The van der Waals surface area contributed by atoms with Gasteiger partial charge in [-0.15, -0.1) is 0 Å². The molecule has 0 saturated carbocycles. The minimum atomic E-state index is 0.200. The normalized spacial score (nSPS) is 11.1. The minimum Gasteiger partial charge on any atom is -0.493 e. The second-order valence-corrected chi connectivity index (χ2v) is 8.36. The Morgan fingerprint density at radius 1 is 0.939 bits per heavy atom. The predicted octanol–water partition coefficient (Wildman–Crippen LogP) is 7.24. The molecule has 2 aromatic carbocycles. The van der Waals surface area contributed by atoms with E-state index in [1.807, 2.05) is 42.5 Å². The standard InChI is InChI=1S/C26H33Cl2NO4/c1-4-22-17-24(31-16-13-25(27)28)18-23(5-2)26(22)32-15-10-9-14-30-20(3)29-33-19-21-11-7-6-8-12-21/h6-8,11-13,17-18H,4-5,9-10,14-16,19H2,1-3H3. The van der Waals surface area contributed by atoms with Crippen LogP contribution in [-0.2, 0) is 29.0 Å². The highest BCUT2D eigenvalue weighted by Crippen LogP contribution is 2.31. The minimum absolute atomic E-state index is 0.200. The molecular weight excluding hydrogens is 461 g/mol. The van der Waals surface area contributed by atoms with E-state index in [1.165, 1.54) is 0 Å². The van der Waals surface area contributed by atoms with E-state index in [0.717, 1.165) is 53.9 Å². The van der Waals surface area contributed by atoms with Crippen molar-refractivity contribution in [3.63, 3.8) is 0 Å². The summed E-state index contributed by atoms with van der Waals surface area (Å²) in [7, 11) is 0. The van der Waals surface area contributed by atoms with Crippen molar-refractivity contribution >= 4 is 29.1 Å². The van der Waals surface area contributed by atoms with E-state index in [4.69, 9.17) is 42.3 Å². The van der Waals surface area contributed by atoms with Crippen molar-refractivity contribution < 1.29 is 19.0 Å². The number of ether oxygens (including phenoxy) is 3. The first-order valence-corrected chi connectivity index (χ1v) is 12.0. The van der Waals surface area contributed by atoms with Gasteiger partial charge in [-0.2, -0.15) is 0 Å². The van der Waals surface area contributed by atoms with Gasteiger partial charge in [-0.1, -0.05) is 72.5 Å². The van der Waals surface area contributed by atoms with Gasteiger partial charge in [0.15, 0.2) is 0 Å². The van der Waals surface area contributed by atoms with Crippen molar-refractivity contribution in [3.8, 4) is 11.5 Å². The van der Waals surface area contributed by atoms with Gasteiger partial charge in [0.2, 0.25) is 5.90 Å². The van der Waals surface area contributed by atoms with Crippen LogP contribution in [0, 0.1) is 0 Å². The molecule has 0 atom stereocenters. The van der Waals surface area contributed by atoms with E-state index in [1.54, 1.807) is 13.0 Å². The monoisotopic (exact) mass is 493 g/mol. The van der Waals surface area contributed by atoms with Crippen molar-refractivity contribution in [3.05, 3.63) is 69.7 Å². The largest absolute Gasteiger partial charge is 0.493 e. The number of benzene rings is 2. The van der Waals surface area contributed by atoms with Crippen molar-refractivity contribution in [2.75, 3.05) is 19.8 Å². The Kier molecular flexibility index (Phi) is 12.6. The molecule has 0 amide bonds. The Morgan fingerprint density at radius 3 is 2.24 bits per heavy atom.